The summed E-state index contributed by atoms with van der Waals surface area (Å²) in [6, 6.07) is 0. The van der Waals surface area contributed by atoms with Crippen molar-refractivity contribution in [1.82, 2.24) is 19.9 Å². The second kappa shape index (κ2) is 9.09. The Morgan fingerprint density at radius 3 is 1.88 bits per heavy atom. The van der Waals surface area contributed by atoms with Crippen LogP contribution in [0.15, 0.2) is 12.4 Å². The van der Waals surface area contributed by atoms with Gasteiger partial charge in [0.25, 0.3) is 0 Å². The average molecular weight is 373 g/mol. The average Bonchev–Trinajstić information content (AvgIpc) is 2.56. The number of carbonyl (C=O) groups excluding carboxylic acids is 2. The lowest BCUT2D eigenvalue weighted by molar-refractivity contribution is 0.0583. The van der Waals surface area contributed by atoms with Gasteiger partial charge < -0.3 is 9.47 Å². The second-order valence-electron chi connectivity index (χ2n) is 4.24. The van der Waals surface area contributed by atoms with E-state index in [9.17, 15) is 9.59 Å². The zero-order valence-corrected chi connectivity index (χ0v) is 14.8. The fourth-order valence-corrected chi connectivity index (χ4v) is 1.78. The third-order valence-electron chi connectivity index (χ3n) is 2.60. The summed E-state index contributed by atoms with van der Waals surface area (Å²) in [4.78, 5) is 37.2. The molecule has 0 atom stereocenters. The first-order valence-corrected chi connectivity index (χ1v) is 7.20. The number of rotatable bonds is 2. The smallest absolute Gasteiger partial charge is 0.358 e. The molecule has 0 amide bonds. The number of hydrogen-bond acceptors (Lipinski definition) is 8. The molecule has 2 aromatic rings. The Bertz CT molecular complexity index is 756. The summed E-state index contributed by atoms with van der Waals surface area (Å²) in [6.07, 6.45) is 2.68. The molecular weight excluding hydrogens is 359 g/mol. The molecule has 0 aliphatic carbocycles. The molecule has 2 aromatic heterocycles. The number of methoxy groups -OCH3 is 2. The second-order valence-corrected chi connectivity index (χ2v) is 5.01. The van der Waals surface area contributed by atoms with E-state index >= 15 is 0 Å². The highest BCUT2D eigenvalue weighted by Crippen LogP contribution is 2.08. The van der Waals surface area contributed by atoms with E-state index < -0.39 is 11.9 Å². The molecule has 0 bridgehead atoms. The third-order valence-corrected chi connectivity index (χ3v) is 2.97. The zero-order valence-electron chi connectivity index (χ0n) is 13.3. The predicted molar refractivity (Wildman–Crippen MR) is 86.2 cm³/mol. The van der Waals surface area contributed by atoms with Gasteiger partial charge >= 0.3 is 11.9 Å². The lowest BCUT2D eigenvalue weighted by Gasteiger charge is -2.00. The van der Waals surface area contributed by atoms with Gasteiger partial charge in [-0.1, -0.05) is 23.2 Å². The number of hydrogen-bond donors (Lipinski definition) is 0. The summed E-state index contributed by atoms with van der Waals surface area (Å²) >= 11 is 11.1. The Kier molecular flexibility index (Phi) is 7.47. The van der Waals surface area contributed by atoms with Crippen LogP contribution in [-0.4, -0.2) is 46.1 Å². The van der Waals surface area contributed by atoms with Crippen molar-refractivity contribution in [3.63, 3.8) is 0 Å². The number of aromatic nitrogens is 4. The van der Waals surface area contributed by atoms with Crippen LogP contribution in [0, 0.1) is 13.8 Å². The molecular formula is C14H14Cl2N4O4. The maximum absolute atomic E-state index is 11.0. The van der Waals surface area contributed by atoms with Crippen LogP contribution in [0.5, 0.6) is 0 Å². The van der Waals surface area contributed by atoms with E-state index in [-0.39, 0.29) is 21.7 Å². The summed E-state index contributed by atoms with van der Waals surface area (Å²) in [5.41, 5.74) is 1.33. The Labute approximate surface area is 148 Å². The van der Waals surface area contributed by atoms with E-state index in [0.717, 1.165) is 0 Å². The molecule has 0 N–H and O–H groups in total. The number of ether oxygens (including phenoxy) is 2. The fraction of sp³-hybridized carbons (Fsp3) is 0.286. The molecule has 0 radical (unpaired) electrons. The van der Waals surface area contributed by atoms with Gasteiger partial charge in [0, 0.05) is 0 Å². The monoisotopic (exact) mass is 372 g/mol. The highest BCUT2D eigenvalue weighted by atomic mass is 35.5. The van der Waals surface area contributed by atoms with E-state index in [1.165, 1.54) is 26.6 Å². The van der Waals surface area contributed by atoms with Crippen LogP contribution in [0.1, 0.15) is 32.4 Å². The summed E-state index contributed by atoms with van der Waals surface area (Å²) in [5, 5.41) is 0.446. The van der Waals surface area contributed by atoms with Gasteiger partial charge in [-0.15, -0.1) is 0 Å². The molecule has 128 valence electrons. The number of esters is 2. The summed E-state index contributed by atoms with van der Waals surface area (Å²) in [6.45, 7) is 3.31. The molecule has 0 aliphatic heterocycles. The van der Waals surface area contributed by atoms with Crippen LogP contribution < -0.4 is 0 Å². The van der Waals surface area contributed by atoms with Gasteiger partial charge in [0.2, 0.25) is 0 Å². The van der Waals surface area contributed by atoms with Crippen molar-refractivity contribution in [2.45, 2.75) is 13.8 Å². The summed E-state index contributed by atoms with van der Waals surface area (Å²) in [7, 11) is 2.57. The molecule has 0 fully saturated rings. The normalized spacial score (nSPS) is 9.58. The lowest BCUT2D eigenvalue weighted by Crippen LogP contribution is -2.08. The standard InChI is InChI=1S/2C7H7ClN2O2/c1-4-6(7(11)12-2)9-3-5(8)10-4;1-4-6(7(11)12-2)10-5(8)3-9-4/h2*3H,1-2H3. The quantitative estimate of drug-likeness (QED) is 0.740. The number of carbonyl (C=O) groups is 2. The van der Waals surface area contributed by atoms with Crippen molar-refractivity contribution in [2.75, 3.05) is 14.2 Å². The highest BCUT2D eigenvalue weighted by Gasteiger charge is 2.12. The van der Waals surface area contributed by atoms with E-state index in [1.54, 1.807) is 13.8 Å². The largest absolute Gasteiger partial charge is 0.464 e. The molecule has 0 saturated heterocycles. The van der Waals surface area contributed by atoms with Gasteiger partial charge in [-0.05, 0) is 13.8 Å². The molecule has 0 saturated carbocycles. The van der Waals surface area contributed by atoms with Crippen molar-refractivity contribution in [3.8, 4) is 0 Å². The molecule has 8 nitrogen and oxygen atoms in total. The van der Waals surface area contributed by atoms with Crippen molar-refractivity contribution >= 4 is 35.1 Å². The number of halogens is 2. The van der Waals surface area contributed by atoms with E-state index in [2.05, 4.69) is 29.4 Å². The van der Waals surface area contributed by atoms with Crippen molar-refractivity contribution in [2.24, 2.45) is 0 Å². The summed E-state index contributed by atoms with van der Waals surface area (Å²) < 4.78 is 8.94. The van der Waals surface area contributed by atoms with Crippen LogP contribution in [0.3, 0.4) is 0 Å². The minimum absolute atomic E-state index is 0.157. The molecule has 0 spiro atoms. The van der Waals surface area contributed by atoms with Gasteiger partial charge in [-0.3, -0.25) is 4.98 Å². The van der Waals surface area contributed by atoms with Gasteiger partial charge in [0.05, 0.1) is 38.0 Å². The lowest BCUT2D eigenvalue weighted by atomic mass is 10.3. The zero-order chi connectivity index (χ0) is 18.3. The van der Waals surface area contributed by atoms with Crippen LogP contribution in [0.4, 0.5) is 0 Å². The Morgan fingerprint density at radius 2 is 1.33 bits per heavy atom. The van der Waals surface area contributed by atoms with Crippen molar-refractivity contribution in [3.05, 3.63) is 45.5 Å². The first kappa shape index (κ1) is 19.7. The Hall–Kier alpha value is -2.32. The topological polar surface area (TPSA) is 104 Å². The van der Waals surface area contributed by atoms with E-state index in [1.807, 2.05) is 0 Å². The fourth-order valence-electron chi connectivity index (χ4n) is 1.47. The van der Waals surface area contributed by atoms with Gasteiger partial charge in [0.15, 0.2) is 11.4 Å². The molecule has 2 rings (SSSR count). The number of nitrogens with zero attached hydrogens (tertiary/aromatic N) is 4. The minimum Gasteiger partial charge on any atom is -0.464 e. The first-order valence-electron chi connectivity index (χ1n) is 6.45. The van der Waals surface area contributed by atoms with Crippen molar-refractivity contribution in [1.29, 1.82) is 0 Å². The Balaban J connectivity index is 0.000000240. The predicted octanol–water partition coefficient (Wildman–Crippen LogP) is 2.45. The molecule has 24 heavy (non-hydrogen) atoms. The van der Waals surface area contributed by atoms with Crippen molar-refractivity contribution < 1.29 is 19.1 Å². The van der Waals surface area contributed by atoms with Crippen LogP contribution >= 0.6 is 23.2 Å². The number of aryl methyl sites for hydroxylation is 2. The first-order chi connectivity index (χ1) is 11.3. The molecule has 0 unspecified atom stereocenters. The summed E-state index contributed by atoms with van der Waals surface area (Å²) in [5.74, 6) is -1.03. The van der Waals surface area contributed by atoms with E-state index in [0.29, 0.717) is 11.4 Å². The van der Waals surface area contributed by atoms with Crippen LogP contribution in [0.25, 0.3) is 0 Å². The SMILES string of the molecule is COC(=O)c1nc(Cl)cnc1C.COC(=O)c1ncc(Cl)nc1C. The Morgan fingerprint density at radius 1 is 0.833 bits per heavy atom. The van der Waals surface area contributed by atoms with Crippen LogP contribution in [-0.2, 0) is 9.47 Å². The minimum atomic E-state index is -0.525. The maximum atomic E-state index is 11.0. The van der Waals surface area contributed by atoms with E-state index in [4.69, 9.17) is 23.2 Å². The van der Waals surface area contributed by atoms with Gasteiger partial charge in [0.1, 0.15) is 10.3 Å². The van der Waals surface area contributed by atoms with Gasteiger partial charge in [-0.2, -0.15) is 0 Å². The van der Waals surface area contributed by atoms with Gasteiger partial charge in [-0.25, -0.2) is 24.5 Å². The third kappa shape index (κ3) is 5.39. The van der Waals surface area contributed by atoms with Crippen LogP contribution in [0.2, 0.25) is 10.3 Å². The molecule has 0 aliphatic rings. The molecule has 0 aromatic carbocycles. The molecule has 10 heteroatoms. The maximum Gasteiger partial charge on any atom is 0.358 e. The highest BCUT2D eigenvalue weighted by molar-refractivity contribution is 6.29. The molecule has 2 heterocycles.